The largest absolute Gasteiger partial charge is 0.487 e. The molecule has 2 nitrogen and oxygen atoms in total. The molecule has 0 unspecified atom stereocenters. The molecule has 0 N–H and O–H groups in total. The van der Waals surface area contributed by atoms with Gasteiger partial charge in [-0.2, -0.15) is 5.26 Å². The SMILES string of the molecule is C=CCOc1c(Br)cc(C=C(C#N)c2ccccc2Cl)cc1Br. The fraction of sp³-hybridized carbons (Fsp3) is 0.0556. The van der Waals surface area contributed by atoms with Crippen molar-refractivity contribution in [3.8, 4) is 11.8 Å². The maximum absolute atomic E-state index is 9.44. The van der Waals surface area contributed by atoms with Crippen LogP contribution in [0.1, 0.15) is 11.1 Å². The van der Waals surface area contributed by atoms with Crippen molar-refractivity contribution in [3.63, 3.8) is 0 Å². The van der Waals surface area contributed by atoms with E-state index in [1.165, 1.54) is 0 Å². The minimum atomic E-state index is 0.412. The summed E-state index contributed by atoms with van der Waals surface area (Å²) in [5, 5.41) is 9.98. The van der Waals surface area contributed by atoms with Gasteiger partial charge in [0.15, 0.2) is 0 Å². The molecule has 0 spiro atoms. The van der Waals surface area contributed by atoms with E-state index in [1.54, 1.807) is 18.2 Å². The van der Waals surface area contributed by atoms with E-state index in [0.717, 1.165) is 14.5 Å². The van der Waals surface area contributed by atoms with Crippen molar-refractivity contribution in [3.05, 3.63) is 74.1 Å². The van der Waals surface area contributed by atoms with E-state index in [2.05, 4.69) is 44.5 Å². The molecule has 2 aromatic rings. The third-order valence-electron chi connectivity index (χ3n) is 2.96. The van der Waals surface area contributed by atoms with Crippen LogP contribution in [0.3, 0.4) is 0 Å². The number of rotatable bonds is 5. The van der Waals surface area contributed by atoms with Crippen LogP contribution in [0.4, 0.5) is 0 Å². The maximum atomic E-state index is 9.44. The highest BCUT2D eigenvalue weighted by Gasteiger charge is 2.10. The predicted molar refractivity (Wildman–Crippen MR) is 102 cm³/mol. The second-order valence-corrected chi connectivity index (χ2v) is 6.68. The standard InChI is InChI=1S/C18H12Br2ClNO/c1-2-7-23-18-15(19)9-12(10-16(18)20)8-13(11-22)14-5-3-4-6-17(14)21/h2-6,8-10H,1,7H2. The topological polar surface area (TPSA) is 33.0 Å². The second kappa shape index (κ2) is 8.35. The molecule has 5 heteroatoms. The number of allylic oxidation sites excluding steroid dienone is 1. The van der Waals surface area contributed by atoms with Crippen molar-refractivity contribution in [2.75, 3.05) is 6.61 Å². The van der Waals surface area contributed by atoms with Gasteiger partial charge in [-0.15, -0.1) is 0 Å². The Balaban J connectivity index is 2.44. The van der Waals surface area contributed by atoms with Crippen LogP contribution >= 0.6 is 43.5 Å². The summed E-state index contributed by atoms with van der Waals surface area (Å²) < 4.78 is 7.16. The van der Waals surface area contributed by atoms with Gasteiger partial charge in [-0.3, -0.25) is 0 Å². The average Bonchev–Trinajstić information content (AvgIpc) is 2.53. The summed E-state index contributed by atoms with van der Waals surface area (Å²) in [6.45, 7) is 4.04. The highest BCUT2D eigenvalue weighted by molar-refractivity contribution is 9.11. The molecule has 0 atom stereocenters. The van der Waals surface area contributed by atoms with Gasteiger partial charge in [0.2, 0.25) is 0 Å². The summed E-state index contributed by atoms with van der Waals surface area (Å²) in [5.41, 5.74) is 2.05. The lowest BCUT2D eigenvalue weighted by atomic mass is 10.0. The number of benzene rings is 2. The number of halogens is 3. The summed E-state index contributed by atoms with van der Waals surface area (Å²) in [5.74, 6) is 0.693. The summed E-state index contributed by atoms with van der Waals surface area (Å²) in [4.78, 5) is 0. The molecule has 116 valence electrons. The van der Waals surface area contributed by atoms with Gasteiger partial charge in [0.1, 0.15) is 12.4 Å². The Bertz CT molecular complexity index is 786. The quantitative estimate of drug-likeness (QED) is 0.294. The van der Waals surface area contributed by atoms with Gasteiger partial charge in [0.25, 0.3) is 0 Å². The molecule has 0 saturated carbocycles. The lowest BCUT2D eigenvalue weighted by Crippen LogP contribution is -1.95. The first-order chi connectivity index (χ1) is 11.1. The van der Waals surface area contributed by atoms with Crippen molar-refractivity contribution in [2.24, 2.45) is 0 Å². The Morgan fingerprint density at radius 2 is 1.91 bits per heavy atom. The minimum absolute atomic E-state index is 0.412. The van der Waals surface area contributed by atoms with E-state index < -0.39 is 0 Å². The summed E-state index contributed by atoms with van der Waals surface area (Å²) >= 11 is 13.1. The van der Waals surface area contributed by atoms with E-state index in [4.69, 9.17) is 16.3 Å². The van der Waals surface area contributed by atoms with E-state index in [-0.39, 0.29) is 0 Å². The molecule has 0 bridgehead atoms. The van der Waals surface area contributed by atoms with Gasteiger partial charge >= 0.3 is 0 Å². The first-order valence-electron chi connectivity index (χ1n) is 6.66. The third-order valence-corrected chi connectivity index (χ3v) is 4.47. The number of hydrogen-bond donors (Lipinski definition) is 0. The molecular formula is C18H12Br2ClNO. The predicted octanol–water partition coefficient (Wildman–Crippen LogP) is 6.49. The molecule has 2 rings (SSSR count). The van der Waals surface area contributed by atoms with Gasteiger partial charge in [-0.1, -0.05) is 42.5 Å². The van der Waals surface area contributed by atoms with E-state index >= 15 is 0 Å². The lowest BCUT2D eigenvalue weighted by molar-refractivity contribution is 0.358. The molecule has 0 fully saturated rings. The fourth-order valence-corrected chi connectivity index (χ4v) is 3.65. The highest BCUT2D eigenvalue weighted by atomic mass is 79.9. The number of hydrogen-bond acceptors (Lipinski definition) is 2. The summed E-state index contributed by atoms with van der Waals surface area (Å²) in [6, 6.07) is 13.2. The first kappa shape index (κ1) is 17.8. The molecule has 0 aliphatic carbocycles. The number of nitrogens with zero attached hydrogens (tertiary/aromatic N) is 1. The van der Waals surface area contributed by atoms with Crippen molar-refractivity contribution < 1.29 is 4.74 Å². The van der Waals surface area contributed by atoms with Crippen LogP contribution in [0.5, 0.6) is 5.75 Å². The smallest absolute Gasteiger partial charge is 0.148 e. The van der Waals surface area contributed by atoms with E-state index in [9.17, 15) is 5.26 Å². The Hall–Kier alpha value is -1.54. The number of ether oxygens (including phenoxy) is 1. The molecule has 0 amide bonds. The molecule has 0 aromatic heterocycles. The molecule has 0 aliphatic heterocycles. The van der Waals surface area contributed by atoms with Gasteiger partial charge in [0, 0.05) is 10.6 Å². The molecule has 0 saturated heterocycles. The third kappa shape index (κ3) is 4.48. The molecule has 0 aliphatic rings. The normalized spacial score (nSPS) is 11.0. The van der Waals surface area contributed by atoms with Crippen LogP contribution in [0.2, 0.25) is 5.02 Å². The fourth-order valence-electron chi connectivity index (χ4n) is 1.96. The highest BCUT2D eigenvalue weighted by Crippen LogP contribution is 2.36. The van der Waals surface area contributed by atoms with Gasteiger partial charge in [-0.05, 0) is 61.7 Å². The molecule has 0 heterocycles. The van der Waals surface area contributed by atoms with Crippen molar-refractivity contribution in [2.45, 2.75) is 0 Å². The monoisotopic (exact) mass is 451 g/mol. The Kier molecular flexibility index (Phi) is 6.47. The Labute approximate surface area is 157 Å². The van der Waals surface area contributed by atoms with Crippen LogP contribution in [-0.4, -0.2) is 6.61 Å². The van der Waals surface area contributed by atoms with Gasteiger partial charge in [-0.25, -0.2) is 0 Å². The zero-order valence-corrected chi connectivity index (χ0v) is 16.0. The number of nitriles is 1. The van der Waals surface area contributed by atoms with Crippen LogP contribution in [0.15, 0.2) is 58.0 Å². The average molecular weight is 454 g/mol. The molecule has 2 aromatic carbocycles. The van der Waals surface area contributed by atoms with Crippen LogP contribution in [0, 0.1) is 11.3 Å². The molecule has 23 heavy (non-hydrogen) atoms. The van der Waals surface area contributed by atoms with Crippen LogP contribution in [0.25, 0.3) is 11.6 Å². The summed E-state index contributed by atoms with van der Waals surface area (Å²) in [7, 11) is 0. The van der Waals surface area contributed by atoms with Crippen molar-refractivity contribution >= 4 is 55.1 Å². The lowest BCUT2D eigenvalue weighted by Gasteiger charge is -2.10. The van der Waals surface area contributed by atoms with E-state index in [1.807, 2.05) is 30.3 Å². The summed E-state index contributed by atoms with van der Waals surface area (Å²) in [6.07, 6.45) is 3.46. The molecule has 0 radical (unpaired) electrons. The van der Waals surface area contributed by atoms with Crippen LogP contribution in [-0.2, 0) is 0 Å². The first-order valence-corrected chi connectivity index (χ1v) is 8.62. The van der Waals surface area contributed by atoms with E-state index in [0.29, 0.717) is 28.5 Å². The second-order valence-electron chi connectivity index (χ2n) is 4.56. The minimum Gasteiger partial charge on any atom is -0.487 e. The van der Waals surface area contributed by atoms with Crippen molar-refractivity contribution in [1.82, 2.24) is 0 Å². The maximum Gasteiger partial charge on any atom is 0.148 e. The van der Waals surface area contributed by atoms with Gasteiger partial charge in [0.05, 0.1) is 20.6 Å². The van der Waals surface area contributed by atoms with Crippen molar-refractivity contribution in [1.29, 1.82) is 5.26 Å². The zero-order chi connectivity index (χ0) is 16.8. The van der Waals surface area contributed by atoms with Gasteiger partial charge < -0.3 is 4.74 Å². The van der Waals surface area contributed by atoms with Crippen LogP contribution < -0.4 is 4.74 Å². The zero-order valence-electron chi connectivity index (χ0n) is 12.0. The Morgan fingerprint density at radius 1 is 1.26 bits per heavy atom. The molecular weight excluding hydrogens is 441 g/mol. The Morgan fingerprint density at radius 3 is 2.48 bits per heavy atom.